The Hall–Kier alpha value is -2.60. The molecule has 3 heteroatoms. The van der Waals surface area contributed by atoms with E-state index in [4.69, 9.17) is 0 Å². The summed E-state index contributed by atoms with van der Waals surface area (Å²) in [4.78, 5) is 0. The number of fused-ring (bicyclic) bond motifs is 1. The van der Waals surface area contributed by atoms with Crippen LogP contribution in [-0.2, 0) is 12.5 Å². The molecule has 3 rings (SSSR count). The predicted octanol–water partition coefficient (Wildman–Crippen LogP) is 5.96. The van der Waals surface area contributed by atoms with Gasteiger partial charge >= 0.3 is 0 Å². The number of halogens is 2. The molecule has 3 aromatic rings. The first-order chi connectivity index (χ1) is 12.5. The van der Waals surface area contributed by atoms with Crippen LogP contribution in [0.1, 0.15) is 44.2 Å². The van der Waals surface area contributed by atoms with Crippen molar-refractivity contribution >= 4 is 10.9 Å². The average Bonchev–Trinajstić information content (AvgIpc) is 2.97. The summed E-state index contributed by atoms with van der Waals surface area (Å²) in [6.07, 6.45) is 4.66. The highest BCUT2D eigenvalue weighted by molar-refractivity contribution is 5.86. The van der Waals surface area contributed by atoms with Gasteiger partial charge in [-0.05, 0) is 31.5 Å². The number of hydrogen-bond donors (Lipinski definition) is 0. The molecule has 0 saturated heterocycles. The second-order valence-corrected chi connectivity index (χ2v) is 6.80. The second-order valence-electron chi connectivity index (χ2n) is 6.80. The summed E-state index contributed by atoms with van der Waals surface area (Å²) in [5.74, 6) is 5.24. The fraction of sp³-hybridized carbons (Fsp3) is 0.304. The van der Waals surface area contributed by atoms with Gasteiger partial charge in [-0.1, -0.05) is 43.5 Å². The van der Waals surface area contributed by atoms with Crippen molar-refractivity contribution in [3.05, 3.63) is 71.4 Å². The summed E-state index contributed by atoms with van der Waals surface area (Å²) in [6, 6.07) is 11.9. The van der Waals surface area contributed by atoms with Crippen molar-refractivity contribution in [3.8, 4) is 11.8 Å². The van der Waals surface area contributed by atoms with E-state index in [0.717, 1.165) is 29.3 Å². The number of aryl methyl sites for hydroxylation is 1. The topological polar surface area (TPSA) is 4.93 Å². The van der Waals surface area contributed by atoms with Crippen LogP contribution in [0.15, 0.2) is 48.7 Å². The monoisotopic (exact) mass is 351 g/mol. The van der Waals surface area contributed by atoms with Crippen LogP contribution in [-0.4, -0.2) is 4.57 Å². The van der Waals surface area contributed by atoms with Gasteiger partial charge in [0.1, 0.15) is 11.6 Å². The Kier molecular flexibility index (Phi) is 5.13. The molecule has 0 aliphatic rings. The minimum atomic E-state index is -1.07. The van der Waals surface area contributed by atoms with Gasteiger partial charge in [0.15, 0.2) is 0 Å². The van der Waals surface area contributed by atoms with E-state index in [2.05, 4.69) is 18.8 Å². The van der Waals surface area contributed by atoms with E-state index in [1.165, 1.54) is 18.2 Å². The van der Waals surface area contributed by atoms with Gasteiger partial charge in [-0.2, -0.15) is 0 Å². The molecule has 0 fully saturated rings. The standard InChI is InChI=1S/C23H23F2N/c1-4-5-6-9-15-23(2,22-19(24)12-10-13-20(22)25)18-16-26(3)21-14-8-7-11-17(18)21/h7-8,10-14,16H,4-6H2,1-3H3. The lowest BCUT2D eigenvalue weighted by atomic mass is 9.76. The molecule has 0 amide bonds. The maximum atomic E-state index is 14.7. The number of hydrogen-bond acceptors (Lipinski definition) is 0. The molecule has 26 heavy (non-hydrogen) atoms. The molecule has 0 bridgehead atoms. The molecule has 1 atom stereocenters. The third-order valence-corrected chi connectivity index (χ3v) is 4.89. The first kappa shape index (κ1) is 18.2. The van der Waals surface area contributed by atoms with Crippen molar-refractivity contribution in [2.24, 2.45) is 7.05 Å². The highest BCUT2D eigenvalue weighted by atomic mass is 19.1. The fourth-order valence-electron chi connectivity index (χ4n) is 3.48. The van der Waals surface area contributed by atoms with Crippen LogP contribution >= 0.6 is 0 Å². The number of unbranched alkanes of at least 4 members (excludes halogenated alkanes) is 2. The largest absolute Gasteiger partial charge is 0.350 e. The zero-order valence-corrected chi connectivity index (χ0v) is 15.4. The van der Waals surface area contributed by atoms with E-state index < -0.39 is 17.0 Å². The summed E-state index contributed by atoms with van der Waals surface area (Å²) < 4.78 is 31.4. The summed E-state index contributed by atoms with van der Waals surface area (Å²) in [7, 11) is 1.94. The SMILES string of the molecule is CCCCC#CC(C)(c1c(F)cccc1F)c1cn(C)c2ccccc12. The van der Waals surface area contributed by atoms with Crippen LogP contribution < -0.4 is 0 Å². The fourth-order valence-corrected chi connectivity index (χ4v) is 3.48. The molecular weight excluding hydrogens is 328 g/mol. The van der Waals surface area contributed by atoms with E-state index in [1.807, 2.05) is 49.0 Å². The van der Waals surface area contributed by atoms with Crippen LogP contribution in [0.4, 0.5) is 8.78 Å². The maximum absolute atomic E-state index is 14.7. The van der Waals surface area contributed by atoms with E-state index in [1.54, 1.807) is 0 Å². The number of aromatic nitrogens is 1. The molecule has 134 valence electrons. The maximum Gasteiger partial charge on any atom is 0.131 e. The van der Waals surface area contributed by atoms with E-state index in [-0.39, 0.29) is 5.56 Å². The number of rotatable bonds is 4. The van der Waals surface area contributed by atoms with Gasteiger partial charge in [-0.3, -0.25) is 0 Å². The Balaban J connectivity index is 2.28. The molecule has 0 radical (unpaired) electrons. The minimum Gasteiger partial charge on any atom is -0.350 e. The Morgan fingerprint density at radius 3 is 2.42 bits per heavy atom. The zero-order chi connectivity index (χ0) is 18.7. The lowest BCUT2D eigenvalue weighted by molar-refractivity contribution is 0.524. The Labute approximate surface area is 153 Å². The predicted molar refractivity (Wildman–Crippen MR) is 103 cm³/mol. The molecule has 0 N–H and O–H groups in total. The molecule has 0 aliphatic heterocycles. The molecule has 0 spiro atoms. The second kappa shape index (κ2) is 7.33. The highest BCUT2D eigenvalue weighted by Gasteiger charge is 2.35. The van der Waals surface area contributed by atoms with Crippen LogP contribution in [0.25, 0.3) is 10.9 Å². The third kappa shape index (κ3) is 3.12. The molecule has 0 aliphatic carbocycles. The van der Waals surface area contributed by atoms with Crippen molar-refractivity contribution in [3.63, 3.8) is 0 Å². The first-order valence-electron chi connectivity index (χ1n) is 8.98. The van der Waals surface area contributed by atoms with Gasteiger partial charge in [0.2, 0.25) is 0 Å². The lowest BCUT2D eigenvalue weighted by Crippen LogP contribution is -2.25. The van der Waals surface area contributed by atoms with Gasteiger partial charge in [-0.15, -0.1) is 5.92 Å². The number of nitrogens with zero attached hydrogens (tertiary/aromatic N) is 1. The van der Waals surface area contributed by atoms with Crippen LogP contribution in [0.2, 0.25) is 0 Å². The van der Waals surface area contributed by atoms with Crippen LogP contribution in [0.3, 0.4) is 0 Å². The normalized spacial score (nSPS) is 13.3. The van der Waals surface area contributed by atoms with E-state index >= 15 is 0 Å². The highest BCUT2D eigenvalue weighted by Crippen LogP contribution is 2.39. The molecule has 1 heterocycles. The smallest absolute Gasteiger partial charge is 0.131 e. The Morgan fingerprint density at radius 1 is 1.04 bits per heavy atom. The summed E-state index contributed by atoms with van der Waals surface area (Å²) in [6.45, 7) is 3.91. The lowest BCUT2D eigenvalue weighted by Gasteiger charge is -2.25. The molecule has 1 nitrogen and oxygen atoms in total. The van der Waals surface area contributed by atoms with Crippen molar-refractivity contribution in [2.75, 3.05) is 0 Å². The van der Waals surface area contributed by atoms with Crippen molar-refractivity contribution in [1.82, 2.24) is 4.57 Å². The van der Waals surface area contributed by atoms with Crippen LogP contribution in [0.5, 0.6) is 0 Å². The van der Waals surface area contributed by atoms with E-state index in [0.29, 0.717) is 6.42 Å². The quantitative estimate of drug-likeness (QED) is 0.404. The van der Waals surface area contributed by atoms with Gasteiger partial charge in [0.05, 0.1) is 5.41 Å². The van der Waals surface area contributed by atoms with Crippen molar-refractivity contribution in [1.29, 1.82) is 0 Å². The van der Waals surface area contributed by atoms with Gasteiger partial charge < -0.3 is 4.57 Å². The van der Waals surface area contributed by atoms with Crippen LogP contribution in [0, 0.1) is 23.5 Å². The average molecular weight is 351 g/mol. The minimum absolute atomic E-state index is 0.0142. The Morgan fingerprint density at radius 2 is 1.73 bits per heavy atom. The third-order valence-electron chi connectivity index (χ3n) is 4.89. The Bertz CT molecular complexity index is 970. The van der Waals surface area contributed by atoms with E-state index in [9.17, 15) is 8.78 Å². The molecular formula is C23H23F2N. The molecule has 1 aromatic heterocycles. The summed E-state index contributed by atoms with van der Waals surface area (Å²) in [5.41, 5.74) is 0.786. The van der Waals surface area contributed by atoms with Gasteiger partial charge in [-0.25, -0.2) is 8.78 Å². The number of para-hydroxylation sites is 1. The summed E-state index contributed by atoms with van der Waals surface area (Å²) in [5, 5.41) is 0.963. The molecule has 0 saturated carbocycles. The zero-order valence-electron chi connectivity index (χ0n) is 15.4. The van der Waals surface area contributed by atoms with Gasteiger partial charge in [0, 0.05) is 41.7 Å². The van der Waals surface area contributed by atoms with Gasteiger partial charge in [0.25, 0.3) is 0 Å². The molecule has 1 unspecified atom stereocenters. The van der Waals surface area contributed by atoms with Crippen molar-refractivity contribution in [2.45, 2.75) is 38.5 Å². The first-order valence-corrected chi connectivity index (χ1v) is 8.98. The molecule has 2 aromatic carbocycles. The number of benzene rings is 2. The summed E-state index contributed by atoms with van der Waals surface area (Å²) >= 11 is 0. The van der Waals surface area contributed by atoms with Crippen molar-refractivity contribution < 1.29 is 8.78 Å².